The number of ketones is 2. The van der Waals surface area contributed by atoms with E-state index in [0.717, 1.165) is 57.8 Å². The molecule has 0 radical (unpaired) electrons. The number of rotatable bonds is 34. The molecule has 0 amide bonds. The number of carbonyl (C=O) groups is 2. The van der Waals surface area contributed by atoms with E-state index in [1.165, 1.54) is 70.6 Å². The number of hydrogen-bond donors (Lipinski definition) is 2. The van der Waals surface area contributed by atoms with Gasteiger partial charge in [0, 0.05) is 22.8 Å². The summed E-state index contributed by atoms with van der Waals surface area (Å²) in [6.07, 6.45) is 33.6. The molecule has 0 aliphatic rings. The van der Waals surface area contributed by atoms with Gasteiger partial charge in [0.25, 0.3) is 0 Å². The second kappa shape index (κ2) is 30.1. The Morgan fingerprint density at radius 1 is 0.667 bits per heavy atom. The first-order valence-corrected chi connectivity index (χ1v) is 17.8. The molecule has 0 aromatic carbocycles. The number of hydrogen-bond acceptors (Lipinski definition) is 4. The molecular formula is C37H67ClO4. The minimum absolute atomic E-state index is 0.208. The molecule has 5 heteroatoms. The predicted octanol–water partition coefficient (Wildman–Crippen LogP) is 11.0. The Labute approximate surface area is 272 Å². The average Bonchev–Trinajstić information content (AvgIpc) is 3.05. The van der Waals surface area contributed by atoms with Crippen molar-refractivity contribution >= 4 is 23.2 Å². The molecule has 0 aliphatic carbocycles. The molecule has 0 rings (SSSR count). The van der Waals surface area contributed by atoms with Gasteiger partial charge in [0.1, 0.15) is 5.78 Å². The van der Waals surface area contributed by atoms with Gasteiger partial charge in [0.15, 0.2) is 5.78 Å². The molecule has 0 spiro atoms. The summed E-state index contributed by atoms with van der Waals surface area (Å²) < 4.78 is 40.1. The molecule has 1 atom stereocenters. The summed E-state index contributed by atoms with van der Waals surface area (Å²) in [7, 11) is 0. The third-order valence-electron chi connectivity index (χ3n) is 7.93. The lowest BCUT2D eigenvalue weighted by atomic mass is 9.87. The minimum Gasteiger partial charge on any atom is -0.359 e. The molecule has 0 saturated heterocycles. The van der Waals surface area contributed by atoms with E-state index in [1.807, 2.05) is 0 Å². The lowest BCUT2D eigenvalue weighted by Gasteiger charge is -2.27. The van der Waals surface area contributed by atoms with E-state index < -0.39 is 29.1 Å². The fourth-order valence-corrected chi connectivity index (χ4v) is 5.36. The number of alkyl halides is 1. The summed E-state index contributed by atoms with van der Waals surface area (Å²) in [6, 6.07) is 0. The quantitative estimate of drug-likeness (QED) is 0.0327. The predicted molar refractivity (Wildman–Crippen MR) is 181 cm³/mol. The van der Waals surface area contributed by atoms with Crippen LogP contribution in [-0.2, 0) is 9.59 Å². The topological polar surface area (TPSA) is 74.6 Å². The number of carbonyl (C=O) groups excluding carboxylic acids is 2. The van der Waals surface area contributed by atoms with Crippen LogP contribution in [-0.4, -0.2) is 36.3 Å². The van der Waals surface area contributed by atoms with Crippen molar-refractivity contribution in [3.8, 4) is 0 Å². The van der Waals surface area contributed by atoms with E-state index in [4.69, 9.17) is 18.6 Å². The molecular weight excluding hydrogens is 544 g/mol. The fourth-order valence-electron chi connectivity index (χ4n) is 5.13. The van der Waals surface area contributed by atoms with Crippen LogP contribution in [0.5, 0.6) is 0 Å². The van der Waals surface area contributed by atoms with Crippen LogP contribution < -0.4 is 0 Å². The Balaban J connectivity index is 4.63. The second-order valence-corrected chi connectivity index (χ2v) is 12.1. The van der Waals surface area contributed by atoms with Gasteiger partial charge in [-0.2, -0.15) is 0 Å². The number of allylic oxidation sites excluding steroid dienone is 4. The summed E-state index contributed by atoms with van der Waals surface area (Å²) in [5, 5.41) is 9.00. The maximum atomic E-state index is 13.3. The van der Waals surface area contributed by atoms with Crippen LogP contribution in [0.4, 0.5) is 0 Å². The number of Topliss-reactive ketones (excluding diaryl/α,β-unsaturated/α-hetero) is 2. The highest BCUT2D eigenvalue weighted by Crippen LogP contribution is 2.24. The molecule has 246 valence electrons. The smallest absolute Gasteiger partial charge is 0.235 e. The van der Waals surface area contributed by atoms with Crippen molar-refractivity contribution in [1.82, 2.24) is 0 Å². The van der Waals surface area contributed by atoms with Crippen molar-refractivity contribution in [3.63, 3.8) is 0 Å². The van der Waals surface area contributed by atoms with Crippen LogP contribution in [0.1, 0.15) is 185 Å². The maximum Gasteiger partial charge on any atom is 0.235 e. The number of aliphatic hydroxyl groups is 2. The summed E-state index contributed by atoms with van der Waals surface area (Å²) in [5.74, 6) is -11.3. The minimum atomic E-state index is -3.12. The van der Waals surface area contributed by atoms with Crippen LogP contribution >= 0.6 is 11.6 Å². The first-order valence-electron chi connectivity index (χ1n) is 19.7. The summed E-state index contributed by atoms with van der Waals surface area (Å²) in [6.45, 7) is 4.43. The molecule has 42 heavy (non-hydrogen) atoms. The van der Waals surface area contributed by atoms with Crippen molar-refractivity contribution in [3.05, 3.63) is 24.3 Å². The fraction of sp³-hybridized carbons (Fsp3) is 0.838. The van der Waals surface area contributed by atoms with Crippen molar-refractivity contribution < 1.29 is 23.9 Å². The average molecular weight is 616 g/mol. The molecule has 0 fully saturated rings. The van der Waals surface area contributed by atoms with Crippen LogP contribution in [0.25, 0.3) is 0 Å². The molecule has 0 bridgehead atoms. The van der Waals surface area contributed by atoms with E-state index in [0.29, 0.717) is 25.7 Å². The third kappa shape index (κ3) is 23.5. The van der Waals surface area contributed by atoms with E-state index in [1.54, 1.807) is 0 Å². The second-order valence-electron chi connectivity index (χ2n) is 11.9. The highest BCUT2D eigenvalue weighted by molar-refractivity contribution is 6.20. The summed E-state index contributed by atoms with van der Waals surface area (Å²) >= 11 is 5.91. The van der Waals surface area contributed by atoms with Gasteiger partial charge in [-0.05, 0) is 44.9 Å². The van der Waals surface area contributed by atoms with Gasteiger partial charge in [-0.15, -0.1) is 11.6 Å². The van der Waals surface area contributed by atoms with Crippen molar-refractivity contribution in [2.45, 2.75) is 187 Å². The van der Waals surface area contributed by atoms with Gasteiger partial charge in [-0.3, -0.25) is 9.59 Å². The van der Waals surface area contributed by atoms with Gasteiger partial charge in [0.2, 0.25) is 8.65 Å². The summed E-state index contributed by atoms with van der Waals surface area (Å²) in [5.41, 5.74) is 0. The molecule has 0 aromatic rings. The Hall–Kier alpha value is -0.970. The van der Waals surface area contributed by atoms with Crippen LogP contribution in [0.3, 0.4) is 0 Å². The van der Waals surface area contributed by atoms with Crippen LogP contribution in [0.2, 0.25) is 0 Å². The Bertz CT molecular complexity index is 845. The number of halogens is 1. The Kier molecular flexibility index (Phi) is 23.2. The maximum absolute atomic E-state index is 13.3. The SMILES string of the molecule is [2H]OC(O[2H])(C(=O)CCCCCCCCCCCCCCC)C([2H])(C(=O)CCCCCCC/C=C\C/C=C\CCCCC)C([2H])([2H])Cl. The van der Waals surface area contributed by atoms with Gasteiger partial charge in [0.05, 0.1) is 5.89 Å². The molecule has 0 aromatic heterocycles. The Morgan fingerprint density at radius 2 is 1.07 bits per heavy atom. The zero-order valence-electron chi connectivity index (χ0n) is 32.2. The van der Waals surface area contributed by atoms with E-state index in [2.05, 4.69) is 48.4 Å². The zero-order valence-corrected chi connectivity index (χ0v) is 28.0. The molecule has 2 N–H and O–H groups in total. The lowest BCUT2D eigenvalue weighted by Crippen LogP contribution is -2.50. The first kappa shape index (κ1) is 32.4. The van der Waals surface area contributed by atoms with Gasteiger partial charge >= 0.3 is 0 Å². The standard InChI is InChI=1S/C37H67ClO4/c1-3-5-7-9-11-13-15-17-18-20-21-23-25-27-29-31-35(39)34(33-38)37(41,42)36(40)32-30-28-26-24-22-19-16-14-12-10-8-6-4-2/h11,13,17-18,34,41-42H,3-10,12,14-16,19-33H2,1-2H3/b13-11-,18-17-/i33D2,34D,41D,42D. The molecule has 1 unspecified atom stereocenters. The normalized spacial score (nSPS) is 15.7. The molecule has 0 heterocycles. The van der Waals surface area contributed by atoms with Gasteiger partial charge in [-0.1, -0.05) is 147 Å². The zero-order chi connectivity index (χ0) is 35.3. The Morgan fingerprint density at radius 3 is 1.55 bits per heavy atom. The van der Waals surface area contributed by atoms with E-state index in [-0.39, 0.29) is 12.8 Å². The largest absolute Gasteiger partial charge is 0.359 e. The lowest BCUT2D eigenvalue weighted by molar-refractivity contribution is -0.201. The monoisotopic (exact) mass is 616 g/mol. The molecule has 4 nitrogen and oxygen atoms in total. The summed E-state index contributed by atoms with van der Waals surface area (Å²) in [4.78, 5) is 26.5. The van der Waals surface area contributed by atoms with Gasteiger partial charge in [-0.25, -0.2) is 0 Å². The van der Waals surface area contributed by atoms with Crippen LogP contribution in [0.15, 0.2) is 24.3 Å². The van der Waals surface area contributed by atoms with Crippen LogP contribution in [0, 0.1) is 5.89 Å². The third-order valence-corrected chi connectivity index (χ3v) is 8.12. The number of unbranched alkanes of at least 4 members (excludes halogenated alkanes) is 20. The highest BCUT2D eigenvalue weighted by Gasteiger charge is 2.44. The van der Waals surface area contributed by atoms with Crippen molar-refractivity contribution in [2.24, 2.45) is 5.89 Å². The highest BCUT2D eigenvalue weighted by atomic mass is 35.5. The van der Waals surface area contributed by atoms with E-state index in [9.17, 15) is 9.59 Å². The molecule has 0 aliphatic heterocycles. The van der Waals surface area contributed by atoms with Crippen molar-refractivity contribution in [1.29, 1.82) is 2.86 Å². The molecule has 0 saturated carbocycles. The van der Waals surface area contributed by atoms with Crippen molar-refractivity contribution in [2.75, 3.05) is 5.83 Å². The van der Waals surface area contributed by atoms with Gasteiger partial charge < -0.3 is 10.2 Å². The first-order chi connectivity index (χ1) is 22.6. The van der Waals surface area contributed by atoms with E-state index >= 15 is 0 Å².